The van der Waals surface area contributed by atoms with E-state index in [1.165, 1.54) is 43.2 Å². The highest BCUT2D eigenvalue weighted by Gasteiger charge is 2.34. The van der Waals surface area contributed by atoms with E-state index in [0.717, 1.165) is 10.8 Å². The second kappa shape index (κ2) is 9.78. The van der Waals surface area contributed by atoms with Gasteiger partial charge in [0.1, 0.15) is 12.0 Å². The molecule has 1 amide bonds. The van der Waals surface area contributed by atoms with E-state index in [2.05, 4.69) is 30.0 Å². The molecule has 0 unspecified atom stereocenters. The number of anilines is 1. The third-order valence-electron chi connectivity index (χ3n) is 6.21. The van der Waals surface area contributed by atoms with E-state index in [1.54, 1.807) is 18.3 Å². The van der Waals surface area contributed by atoms with Crippen molar-refractivity contribution in [3.63, 3.8) is 0 Å². The Kier molecular flexibility index (Phi) is 6.34. The summed E-state index contributed by atoms with van der Waals surface area (Å²) in [4.78, 5) is 30.1. The number of hydrogen-bond donors (Lipinski definition) is 2. The zero-order valence-electron chi connectivity index (χ0n) is 20.9. The van der Waals surface area contributed by atoms with Crippen LogP contribution >= 0.6 is 11.3 Å². The lowest BCUT2D eigenvalue weighted by molar-refractivity contribution is -0.137. The number of thiophene rings is 1. The summed E-state index contributed by atoms with van der Waals surface area (Å²) in [5.74, 6) is -1.02. The van der Waals surface area contributed by atoms with Crippen molar-refractivity contribution in [2.24, 2.45) is 0 Å². The Bertz CT molecular complexity index is 1960. The van der Waals surface area contributed by atoms with Crippen molar-refractivity contribution in [1.82, 2.24) is 25.3 Å². The first kappa shape index (κ1) is 26.6. The second-order valence-electron chi connectivity index (χ2n) is 8.94. The number of amides is 1. The molecule has 10 nitrogen and oxygen atoms in total. The molecule has 208 valence electrons. The molecule has 0 radical (unpaired) electrons. The molecule has 0 spiro atoms. The predicted molar refractivity (Wildman–Crippen MR) is 144 cm³/mol. The topological polar surface area (TPSA) is 136 Å². The third kappa shape index (κ3) is 5.04. The van der Waals surface area contributed by atoms with Gasteiger partial charge in [0.05, 0.1) is 33.5 Å². The van der Waals surface area contributed by atoms with Crippen molar-refractivity contribution in [2.75, 3.05) is 11.8 Å². The lowest BCUT2D eigenvalue weighted by Gasteiger charge is -2.15. The first-order valence-corrected chi connectivity index (χ1v) is 14.1. The van der Waals surface area contributed by atoms with Crippen molar-refractivity contribution in [3.05, 3.63) is 78.0 Å². The third-order valence-corrected chi connectivity index (χ3v) is 8.74. The summed E-state index contributed by atoms with van der Waals surface area (Å²) in [5, 5.41) is 2.54. The van der Waals surface area contributed by atoms with Gasteiger partial charge in [0, 0.05) is 46.7 Å². The number of nitrogens with one attached hydrogen (secondary N) is 2. The first-order valence-electron chi connectivity index (χ1n) is 11.8. The molecule has 15 heteroatoms. The number of alkyl halides is 3. The molecule has 0 saturated heterocycles. The minimum atomic E-state index is -4.92. The Labute approximate surface area is 234 Å². The van der Waals surface area contributed by atoms with Gasteiger partial charge in [0.15, 0.2) is 0 Å². The lowest BCUT2D eigenvalue weighted by Crippen LogP contribution is -2.24. The average molecular weight is 599 g/mol. The van der Waals surface area contributed by atoms with Crippen molar-refractivity contribution < 1.29 is 31.1 Å². The number of carbonyl (C=O) groups is 1. The predicted octanol–water partition coefficient (Wildman–Crippen LogP) is 4.89. The molecule has 0 aliphatic carbocycles. The summed E-state index contributed by atoms with van der Waals surface area (Å²) in [7, 11) is -3.37. The van der Waals surface area contributed by atoms with E-state index in [9.17, 15) is 26.4 Å². The number of sulfonamides is 1. The summed E-state index contributed by atoms with van der Waals surface area (Å²) in [6.45, 7) is -0.0897. The molecule has 0 fully saturated rings. The van der Waals surface area contributed by atoms with E-state index in [4.69, 9.17) is 4.74 Å². The fourth-order valence-corrected chi connectivity index (χ4v) is 6.50. The molecule has 5 aromatic rings. The van der Waals surface area contributed by atoms with Gasteiger partial charge in [0.25, 0.3) is 15.9 Å². The monoisotopic (exact) mass is 598 g/mol. The Morgan fingerprint density at radius 2 is 1.78 bits per heavy atom. The molecule has 41 heavy (non-hydrogen) atoms. The van der Waals surface area contributed by atoms with Gasteiger partial charge < -0.3 is 10.1 Å². The number of fused-ring (bicyclic) bond motifs is 9. The number of aromatic nitrogens is 4. The lowest BCUT2D eigenvalue weighted by atomic mass is 10.1. The van der Waals surface area contributed by atoms with Crippen LogP contribution in [0.25, 0.3) is 31.9 Å². The zero-order valence-corrected chi connectivity index (χ0v) is 22.5. The van der Waals surface area contributed by atoms with E-state index in [0.29, 0.717) is 44.9 Å². The largest absolute Gasteiger partial charge is 0.480 e. The summed E-state index contributed by atoms with van der Waals surface area (Å²) in [6.07, 6.45) is 1.06. The number of benzene rings is 1. The SMILES string of the molecule is COc1ncc2cc1NS(=O)(=O)c1cc(cc(C(F)(F)F)c1)C(=O)NCc1cncc(c1)-c1ncnc3cc-2sc13. The fraction of sp³-hybridized carbons (Fsp3) is 0.115. The zero-order chi connectivity index (χ0) is 28.9. The van der Waals surface area contributed by atoms with Crippen molar-refractivity contribution in [1.29, 1.82) is 0 Å². The van der Waals surface area contributed by atoms with Crippen LogP contribution in [0.4, 0.5) is 18.9 Å². The van der Waals surface area contributed by atoms with Gasteiger partial charge in [-0.3, -0.25) is 14.5 Å². The number of ether oxygens (including phenoxy) is 1. The number of methoxy groups -OCH3 is 1. The number of carbonyl (C=O) groups excluding carboxylic acids is 1. The van der Waals surface area contributed by atoms with Crippen LogP contribution in [0.2, 0.25) is 0 Å². The van der Waals surface area contributed by atoms with Gasteiger partial charge in [-0.25, -0.2) is 23.4 Å². The molecular formula is C26H17F3N6O4S2. The Balaban J connectivity index is 1.59. The number of halogens is 3. The van der Waals surface area contributed by atoms with Crippen LogP contribution in [0.3, 0.4) is 0 Å². The molecule has 4 aromatic heterocycles. The minimum absolute atomic E-state index is 0.0897. The van der Waals surface area contributed by atoms with Gasteiger partial charge >= 0.3 is 6.18 Å². The van der Waals surface area contributed by atoms with Crippen LogP contribution in [0.1, 0.15) is 21.5 Å². The van der Waals surface area contributed by atoms with Gasteiger partial charge in [-0.1, -0.05) is 0 Å². The Hall–Kier alpha value is -4.63. The molecule has 1 aliphatic heterocycles. The molecule has 2 N–H and O–H groups in total. The Morgan fingerprint density at radius 3 is 2.56 bits per heavy atom. The van der Waals surface area contributed by atoms with E-state index in [1.807, 2.05) is 0 Å². The number of nitrogens with zero attached hydrogens (tertiary/aromatic N) is 4. The molecule has 0 saturated carbocycles. The first-order chi connectivity index (χ1) is 19.5. The normalized spacial score (nSPS) is 14.6. The van der Waals surface area contributed by atoms with Crippen LogP contribution in [-0.4, -0.2) is 41.4 Å². The molecule has 6 rings (SSSR count). The minimum Gasteiger partial charge on any atom is -0.480 e. The summed E-state index contributed by atoms with van der Waals surface area (Å²) >= 11 is 1.34. The highest BCUT2D eigenvalue weighted by atomic mass is 32.2. The fourth-order valence-electron chi connectivity index (χ4n) is 4.28. The van der Waals surface area contributed by atoms with Crippen LogP contribution in [0.5, 0.6) is 5.88 Å². The smallest absolute Gasteiger partial charge is 0.416 e. The summed E-state index contributed by atoms with van der Waals surface area (Å²) in [5.41, 5.74) is 0.974. The molecule has 1 aromatic carbocycles. The summed E-state index contributed by atoms with van der Waals surface area (Å²) < 4.78 is 76.2. The second-order valence-corrected chi connectivity index (χ2v) is 11.7. The van der Waals surface area contributed by atoms with Gasteiger partial charge in [-0.15, -0.1) is 11.3 Å². The molecule has 5 heterocycles. The molecule has 0 atom stereocenters. The summed E-state index contributed by atoms with van der Waals surface area (Å²) in [6, 6.07) is 6.91. The van der Waals surface area contributed by atoms with Crippen molar-refractivity contribution in [2.45, 2.75) is 17.6 Å². The number of rotatable bonds is 1. The van der Waals surface area contributed by atoms with E-state index < -0.39 is 38.1 Å². The highest BCUT2D eigenvalue weighted by molar-refractivity contribution is 7.92. The number of pyridine rings is 2. The van der Waals surface area contributed by atoms with E-state index in [-0.39, 0.29) is 18.1 Å². The van der Waals surface area contributed by atoms with Crippen LogP contribution in [0.15, 0.2) is 66.2 Å². The highest BCUT2D eigenvalue weighted by Crippen LogP contribution is 2.39. The van der Waals surface area contributed by atoms with Crippen molar-refractivity contribution >= 4 is 43.2 Å². The van der Waals surface area contributed by atoms with Crippen LogP contribution < -0.4 is 14.8 Å². The van der Waals surface area contributed by atoms with Gasteiger partial charge in [0.2, 0.25) is 5.88 Å². The van der Waals surface area contributed by atoms with Crippen LogP contribution in [-0.2, 0) is 22.7 Å². The van der Waals surface area contributed by atoms with Gasteiger partial charge in [-0.2, -0.15) is 13.2 Å². The molecule has 1 aliphatic rings. The van der Waals surface area contributed by atoms with E-state index >= 15 is 0 Å². The Morgan fingerprint density at radius 1 is 0.951 bits per heavy atom. The maximum Gasteiger partial charge on any atom is 0.416 e. The maximum absolute atomic E-state index is 13.8. The van der Waals surface area contributed by atoms with Crippen molar-refractivity contribution in [3.8, 4) is 27.6 Å². The van der Waals surface area contributed by atoms with Crippen LogP contribution in [0, 0.1) is 0 Å². The quantitative estimate of drug-likeness (QED) is 0.279. The standard InChI is InChI=1S/C26H17F3N6O4S2/c1-39-25-20-5-15(11-32-25)21-7-19-23(40-21)22(34-12-33-19)16-2-13(8-30-10-16)9-31-24(36)14-3-17(26(27,28)29)6-18(4-14)41(37,38)35-20/h2-8,10-12,35H,9H2,1H3,(H,31,36). The molecular weight excluding hydrogens is 581 g/mol. The molecule has 8 bridgehead atoms. The van der Waals surface area contributed by atoms with Gasteiger partial charge in [-0.05, 0) is 42.0 Å². The average Bonchev–Trinajstić information content (AvgIpc) is 3.39. The number of hydrogen-bond acceptors (Lipinski definition) is 9. The maximum atomic E-state index is 13.8.